The molecule has 1 aromatic heterocycles. The Labute approximate surface area is 101 Å². The van der Waals surface area contributed by atoms with Gasteiger partial charge in [-0.2, -0.15) is 0 Å². The summed E-state index contributed by atoms with van der Waals surface area (Å²) >= 11 is 0. The van der Waals surface area contributed by atoms with Crippen molar-refractivity contribution in [1.29, 1.82) is 0 Å². The Hall–Kier alpha value is -1.81. The summed E-state index contributed by atoms with van der Waals surface area (Å²) in [5.41, 5.74) is 8.81. The molecule has 1 aromatic carbocycles. The maximum atomic E-state index is 5.91. The van der Waals surface area contributed by atoms with Gasteiger partial charge in [0.15, 0.2) is 0 Å². The summed E-state index contributed by atoms with van der Waals surface area (Å²) in [4.78, 5) is 2.16. The van der Waals surface area contributed by atoms with Crippen molar-refractivity contribution >= 4 is 5.69 Å². The molecule has 0 radical (unpaired) electrons. The molecule has 1 heterocycles. The van der Waals surface area contributed by atoms with Gasteiger partial charge in [0.25, 0.3) is 0 Å². The van der Waals surface area contributed by atoms with Gasteiger partial charge in [0.05, 0.1) is 5.69 Å². The number of rotatable bonds is 4. The normalized spacial score (nSPS) is 11.0. The van der Waals surface area contributed by atoms with Gasteiger partial charge in [-0.1, -0.05) is 23.4 Å². The quantitative estimate of drug-likeness (QED) is 0.819. The van der Waals surface area contributed by atoms with Crippen LogP contribution in [-0.4, -0.2) is 17.1 Å². The number of aromatic nitrogens is 1. The molecule has 0 amide bonds. The standard InChI is InChI=1S/C13H17N3O/c1-10-7-12(15-17-10)9-16(2)8-11-5-3-4-6-13(11)14/h3-7H,8-9,14H2,1-2H3. The fraction of sp³-hybridized carbons (Fsp3) is 0.308. The number of nitrogens with two attached hydrogens (primary N) is 1. The van der Waals surface area contributed by atoms with E-state index in [2.05, 4.69) is 10.1 Å². The summed E-state index contributed by atoms with van der Waals surface area (Å²) in [6.07, 6.45) is 0. The molecule has 2 N–H and O–H groups in total. The van der Waals surface area contributed by atoms with Crippen molar-refractivity contribution in [3.05, 3.63) is 47.3 Å². The number of hydrogen-bond donors (Lipinski definition) is 1. The predicted octanol–water partition coefficient (Wildman–Crippen LogP) is 2.20. The van der Waals surface area contributed by atoms with Crippen molar-refractivity contribution in [3.63, 3.8) is 0 Å². The zero-order valence-electron chi connectivity index (χ0n) is 10.2. The molecule has 0 unspecified atom stereocenters. The van der Waals surface area contributed by atoms with Crippen LogP contribution >= 0.6 is 0 Å². The highest BCUT2D eigenvalue weighted by atomic mass is 16.5. The monoisotopic (exact) mass is 231 g/mol. The first-order chi connectivity index (χ1) is 8.15. The van der Waals surface area contributed by atoms with E-state index >= 15 is 0 Å². The number of hydrogen-bond acceptors (Lipinski definition) is 4. The minimum atomic E-state index is 0.756. The molecule has 0 fully saturated rings. The molecular weight excluding hydrogens is 214 g/mol. The highest BCUT2D eigenvalue weighted by molar-refractivity contribution is 5.46. The third-order valence-electron chi connectivity index (χ3n) is 2.60. The van der Waals surface area contributed by atoms with E-state index < -0.39 is 0 Å². The second-order valence-electron chi connectivity index (χ2n) is 4.30. The molecule has 0 saturated heterocycles. The maximum Gasteiger partial charge on any atom is 0.133 e. The molecule has 0 aliphatic carbocycles. The molecule has 4 heteroatoms. The highest BCUT2D eigenvalue weighted by Crippen LogP contribution is 2.14. The Bertz CT molecular complexity index is 493. The molecule has 0 bridgehead atoms. The summed E-state index contributed by atoms with van der Waals surface area (Å²) in [7, 11) is 2.04. The van der Waals surface area contributed by atoms with E-state index in [1.54, 1.807) is 0 Å². The van der Waals surface area contributed by atoms with E-state index in [4.69, 9.17) is 10.3 Å². The predicted molar refractivity (Wildman–Crippen MR) is 67.3 cm³/mol. The number of nitrogens with zero attached hydrogens (tertiary/aromatic N) is 2. The fourth-order valence-corrected chi connectivity index (χ4v) is 1.79. The second-order valence-corrected chi connectivity index (χ2v) is 4.30. The topological polar surface area (TPSA) is 55.3 Å². The van der Waals surface area contributed by atoms with Crippen LogP contribution in [0.5, 0.6) is 0 Å². The summed E-state index contributed by atoms with van der Waals surface area (Å²) in [6, 6.07) is 9.85. The molecule has 0 aliphatic rings. The number of benzene rings is 1. The van der Waals surface area contributed by atoms with Gasteiger partial charge in [0.2, 0.25) is 0 Å². The van der Waals surface area contributed by atoms with Crippen LogP contribution in [0.1, 0.15) is 17.0 Å². The van der Waals surface area contributed by atoms with Gasteiger partial charge in [-0.3, -0.25) is 4.90 Å². The summed E-state index contributed by atoms with van der Waals surface area (Å²) < 4.78 is 5.04. The van der Waals surface area contributed by atoms with Crippen LogP contribution in [0.3, 0.4) is 0 Å². The van der Waals surface area contributed by atoms with Crippen LogP contribution in [0.2, 0.25) is 0 Å². The van der Waals surface area contributed by atoms with Gasteiger partial charge < -0.3 is 10.3 Å². The first kappa shape index (κ1) is 11.7. The minimum Gasteiger partial charge on any atom is -0.398 e. The molecule has 2 aromatic rings. The summed E-state index contributed by atoms with van der Waals surface area (Å²) in [5.74, 6) is 0.840. The Morgan fingerprint density at radius 3 is 2.71 bits per heavy atom. The molecule has 0 saturated carbocycles. The first-order valence-corrected chi connectivity index (χ1v) is 5.59. The van der Waals surface area contributed by atoms with Gasteiger partial charge in [-0.05, 0) is 25.6 Å². The SMILES string of the molecule is Cc1cc(CN(C)Cc2ccccc2N)no1. The van der Waals surface area contributed by atoms with Crippen LogP contribution in [-0.2, 0) is 13.1 Å². The zero-order chi connectivity index (χ0) is 12.3. The third kappa shape index (κ3) is 3.07. The van der Waals surface area contributed by atoms with Crippen molar-refractivity contribution in [1.82, 2.24) is 10.1 Å². The van der Waals surface area contributed by atoms with Crippen LogP contribution in [0.15, 0.2) is 34.9 Å². The maximum absolute atomic E-state index is 5.91. The fourth-order valence-electron chi connectivity index (χ4n) is 1.79. The lowest BCUT2D eigenvalue weighted by atomic mass is 10.1. The molecule has 4 nitrogen and oxygen atoms in total. The summed E-state index contributed by atoms with van der Waals surface area (Å²) in [5, 5.41) is 3.97. The van der Waals surface area contributed by atoms with E-state index in [9.17, 15) is 0 Å². The number of nitrogen functional groups attached to an aromatic ring is 1. The van der Waals surface area contributed by atoms with E-state index in [0.29, 0.717) is 0 Å². The van der Waals surface area contributed by atoms with E-state index in [1.807, 2.05) is 44.3 Å². The molecule has 90 valence electrons. The highest BCUT2D eigenvalue weighted by Gasteiger charge is 2.07. The Kier molecular flexibility index (Phi) is 3.44. The average molecular weight is 231 g/mol. The smallest absolute Gasteiger partial charge is 0.133 e. The van der Waals surface area contributed by atoms with Crippen LogP contribution in [0, 0.1) is 6.92 Å². The van der Waals surface area contributed by atoms with Crippen molar-refractivity contribution in [2.24, 2.45) is 0 Å². The largest absolute Gasteiger partial charge is 0.398 e. The van der Waals surface area contributed by atoms with Crippen molar-refractivity contribution in [3.8, 4) is 0 Å². The van der Waals surface area contributed by atoms with Gasteiger partial charge >= 0.3 is 0 Å². The third-order valence-corrected chi connectivity index (χ3v) is 2.60. The van der Waals surface area contributed by atoms with Crippen LogP contribution in [0.25, 0.3) is 0 Å². The van der Waals surface area contributed by atoms with Crippen LogP contribution < -0.4 is 5.73 Å². The van der Waals surface area contributed by atoms with E-state index in [1.165, 1.54) is 0 Å². The van der Waals surface area contributed by atoms with E-state index in [0.717, 1.165) is 35.8 Å². The molecule has 0 aliphatic heterocycles. The van der Waals surface area contributed by atoms with Gasteiger partial charge in [0, 0.05) is 24.8 Å². The Morgan fingerprint density at radius 2 is 2.06 bits per heavy atom. The lowest BCUT2D eigenvalue weighted by Gasteiger charge is -2.16. The van der Waals surface area contributed by atoms with Crippen molar-refractivity contribution in [2.45, 2.75) is 20.0 Å². The van der Waals surface area contributed by atoms with Gasteiger partial charge in [0.1, 0.15) is 5.76 Å². The Balaban J connectivity index is 1.98. The zero-order valence-corrected chi connectivity index (χ0v) is 10.2. The molecule has 17 heavy (non-hydrogen) atoms. The summed E-state index contributed by atoms with van der Waals surface area (Å²) in [6.45, 7) is 3.45. The van der Waals surface area contributed by atoms with Crippen molar-refractivity contribution in [2.75, 3.05) is 12.8 Å². The number of para-hydroxylation sites is 1. The van der Waals surface area contributed by atoms with Crippen LogP contribution in [0.4, 0.5) is 5.69 Å². The second kappa shape index (κ2) is 5.01. The van der Waals surface area contributed by atoms with E-state index in [-0.39, 0.29) is 0 Å². The Morgan fingerprint density at radius 1 is 1.29 bits per heavy atom. The lowest BCUT2D eigenvalue weighted by Crippen LogP contribution is -2.18. The number of anilines is 1. The first-order valence-electron chi connectivity index (χ1n) is 5.59. The lowest BCUT2D eigenvalue weighted by molar-refractivity contribution is 0.302. The molecular formula is C13H17N3O. The van der Waals surface area contributed by atoms with Gasteiger partial charge in [-0.15, -0.1) is 0 Å². The molecule has 0 spiro atoms. The van der Waals surface area contributed by atoms with Gasteiger partial charge in [-0.25, -0.2) is 0 Å². The number of aryl methyl sites for hydroxylation is 1. The molecule has 0 atom stereocenters. The average Bonchev–Trinajstić information content (AvgIpc) is 2.67. The molecule has 2 rings (SSSR count). The minimum absolute atomic E-state index is 0.756. The van der Waals surface area contributed by atoms with Crippen molar-refractivity contribution < 1.29 is 4.52 Å².